The molecule has 3 amide bonds. The Kier molecular flexibility index (Phi) is 7.52. The minimum Gasteiger partial charge on any atom is -0.376 e. The summed E-state index contributed by atoms with van der Waals surface area (Å²) in [7, 11) is 1.51. The van der Waals surface area contributed by atoms with Crippen LogP contribution in [-0.4, -0.2) is 31.3 Å². The first-order valence-corrected chi connectivity index (χ1v) is 10.1. The number of rotatable bonds is 7. The molecule has 0 aliphatic carbocycles. The highest BCUT2D eigenvalue weighted by Crippen LogP contribution is 2.30. The van der Waals surface area contributed by atoms with Crippen LogP contribution in [-0.2, 0) is 11.0 Å². The van der Waals surface area contributed by atoms with Gasteiger partial charge in [0.25, 0.3) is 11.8 Å². The molecule has 0 aliphatic heterocycles. The van der Waals surface area contributed by atoms with E-state index < -0.39 is 17.6 Å². The number of carbonyl (C=O) groups excluding carboxylic acids is 3. The Bertz CT molecular complexity index is 1210. The van der Waals surface area contributed by atoms with Gasteiger partial charge in [-0.25, -0.2) is 0 Å². The number of carbonyl (C=O) groups is 3. The molecule has 0 spiro atoms. The average Bonchev–Trinajstić information content (AvgIpc) is 2.82. The second kappa shape index (κ2) is 10.5. The summed E-state index contributed by atoms with van der Waals surface area (Å²) in [4.78, 5) is 36.5. The Morgan fingerprint density at radius 3 is 1.94 bits per heavy atom. The lowest BCUT2D eigenvalue weighted by atomic mass is 10.1. The molecule has 0 aliphatic rings. The summed E-state index contributed by atoms with van der Waals surface area (Å²) in [5.41, 5.74) is 0.644. The number of anilines is 3. The van der Waals surface area contributed by atoms with Crippen LogP contribution in [0.1, 0.15) is 26.3 Å². The van der Waals surface area contributed by atoms with Gasteiger partial charge in [-0.05, 0) is 54.6 Å². The van der Waals surface area contributed by atoms with Gasteiger partial charge < -0.3 is 21.3 Å². The molecule has 0 saturated carbocycles. The molecule has 0 fully saturated rings. The van der Waals surface area contributed by atoms with Crippen LogP contribution in [0.3, 0.4) is 0 Å². The van der Waals surface area contributed by atoms with Gasteiger partial charge in [-0.3, -0.25) is 14.4 Å². The predicted molar refractivity (Wildman–Crippen MR) is 123 cm³/mol. The Morgan fingerprint density at radius 2 is 1.29 bits per heavy atom. The van der Waals surface area contributed by atoms with E-state index in [0.717, 1.165) is 12.1 Å². The zero-order chi connectivity index (χ0) is 24.7. The Labute approximate surface area is 193 Å². The van der Waals surface area contributed by atoms with Crippen LogP contribution < -0.4 is 21.3 Å². The van der Waals surface area contributed by atoms with Crippen molar-refractivity contribution in [2.45, 2.75) is 6.18 Å². The van der Waals surface area contributed by atoms with Crippen LogP contribution in [0, 0.1) is 0 Å². The van der Waals surface area contributed by atoms with Crippen LogP contribution in [0.15, 0.2) is 72.8 Å². The van der Waals surface area contributed by atoms with Crippen molar-refractivity contribution in [3.05, 3.63) is 89.5 Å². The summed E-state index contributed by atoms with van der Waals surface area (Å²) in [6.45, 7) is -0.122. The van der Waals surface area contributed by atoms with E-state index in [4.69, 9.17) is 0 Å². The van der Waals surface area contributed by atoms with Gasteiger partial charge in [0.15, 0.2) is 0 Å². The van der Waals surface area contributed by atoms with E-state index in [1.54, 1.807) is 30.3 Å². The van der Waals surface area contributed by atoms with Crippen molar-refractivity contribution in [2.75, 3.05) is 29.5 Å². The van der Waals surface area contributed by atoms with Gasteiger partial charge in [-0.15, -0.1) is 0 Å². The summed E-state index contributed by atoms with van der Waals surface area (Å²) < 4.78 is 38.6. The molecule has 176 valence electrons. The van der Waals surface area contributed by atoms with Gasteiger partial charge in [0.05, 0.1) is 12.1 Å². The molecular formula is C24H21F3N4O3. The molecule has 10 heteroatoms. The minimum absolute atomic E-state index is 0.0107. The first-order chi connectivity index (χ1) is 16.2. The second-order valence-electron chi connectivity index (χ2n) is 7.18. The fraction of sp³-hybridized carbons (Fsp3) is 0.125. The highest BCUT2D eigenvalue weighted by molar-refractivity contribution is 6.05. The lowest BCUT2D eigenvalue weighted by Gasteiger charge is -2.11. The molecular weight excluding hydrogens is 449 g/mol. The van der Waals surface area contributed by atoms with Gasteiger partial charge >= 0.3 is 6.18 Å². The largest absolute Gasteiger partial charge is 0.416 e. The van der Waals surface area contributed by atoms with Crippen molar-refractivity contribution in [3.8, 4) is 0 Å². The molecule has 0 atom stereocenters. The number of benzene rings is 3. The van der Waals surface area contributed by atoms with Crippen molar-refractivity contribution in [2.24, 2.45) is 0 Å². The Balaban J connectivity index is 1.60. The van der Waals surface area contributed by atoms with Crippen molar-refractivity contribution in [3.63, 3.8) is 0 Å². The van der Waals surface area contributed by atoms with Gasteiger partial charge in [0.2, 0.25) is 5.91 Å². The van der Waals surface area contributed by atoms with Crippen LogP contribution in [0.2, 0.25) is 0 Å². The zero-order valence-corrected chi connectivity index (χ0v) is 18.0. The minimum atomic E-state index is -4.52. The van der Waals surface area contributed by atoms with Gasteiger partial charge in [-0.2, -0.15) is 13.2 Å². The SMILES string of the molecule is CNC(=O)c1cccc(NC(=O)CNc2cccc(C(=O)Nc3cccc(C(F)(F)F)c3)c2)c1. The number of hydrogen-bond donors (Lipinski definition) is 4. The normalized spacial score (nSPS) is 10.8. The molecule has 0 saturated heterocycles. The molecule has 0 aromatic heterocycles. The topological polar surface area (TPSA) is 99.3 Å². The van der Waals surface area contributed by atoms with E-state index in [1.807, 2.05) is 0 Å². The van der Waals surface area contributed by atoms with Crippen LogP contribution >= 0.6 is 0 Å². The summed E-state index contributed by atoms with van der Waals surface area (Å²) in [5.74, 6) is -1.26. The van der Waals surface area contributed by atoms with Crippen LogP contribution in [0.5, 0.6) is 0 Å². The maximum absolute atomic E-state index is 12.9. The Hall–Kier alpha value is -4.34. The van der Waals surface area contributed by atoms with E-state index in [2.05, 4.69) is 21.3 Å². The molecule has 0 radical (unpaired) electrons. The summed E-state index contributed by atoms with van der Waals surface area (Å²) >= 11 is 0. The third-order valence-corrected chi connectivity index (χ3v) is 4.66. The first-order valence-electron chi connectivity index (χ1n) is 10.1. The third-order valence-electron chi connectivity index (χ3n) is 4.66. The molecule has 3 aromatic carbocycles. The molecule has 34 heavy (non-hydrogen) atoms. The van der Waals surface area contributed by atoms with E-state index >= 15 is 0 Å². The number of alkyl halides is 3. The molecule has 3 rings (SSSR count). The summed E-state index contributed by atoms with van der Waals surface area (Å²) in [6, 6.07) is 17.0. The smallest absolute Gasteiger partial charge is 0.376 e. The lowest BCUT2D eigenvalue weighted by Crippen LogP contribution is -2.22. The molecule has 0 unspecified atom stereocenters. The van der Waals surface area contributed by atoms with Crippen molar-refractivity contribution in [1.82, 2.24) is 5.32 Å². The highest BCUT2D eigenvalue weighted by Gasteiger charge is 2.30. The van der Waals surface area contributed by atoms with E-state index in [-0.39, 0.29) is 29.6 Å². The summed E-state index contributed by atoms with van der Waals surface area (Å²) in [6.07, 6.45) is -4.52. The first kappa shape index (κ1) is 24.3. The average molecular weight is 470 g/mol. The van der Waals surface area contributed by atoms with Gasteiger partial charge in [0, 0.05) is 35.2 Å². The fourth-order valence-electron chi connectivity index (χ4n) is 3.02. The predicted octanol–water partition coefficient (Wildman–Crippen LogP) is 4.37. The quantitative estimate of drug-likeness (QED) is 0.412. The lowest BCUT2D eigenvalue weighted by molar-refractivity contribution is -0.137. The molecule has 3 aromatic rings. The molecule has 7 nitrogen and oxygen atoms in total. The van der Waals surface area contributed by atoms with E-state index in [9.17, 15) is 27.6 Å². The van der Waals surface area contributed by atoms with Crippen LogP contribution in [0.25, 0.3) is 0 Å². The Morgan fingerprint density at radius 1 is 0.735 bits per heavy atom. The monoisotopic (exact) mass is 470 g/mol. The number of amides is 3. The maximum atomic E-state index is 12.9. The second-order valence-corrected chi connectivity index (χ2v) is 7.18. The van der Waals surface area contributed by atoms with E-state index in [0.29, 0.717) is 16.9 Å². The van der Waals surface area contributed by atoms with Crippen molar-refractivity contribution >= 4 is 34.8 Å². The number of halogens is 3. The molecule has 0 bridgehead atoms. The third kappa shape index (κ3) is 6.58. The number of hydrogen-bond acceptors (Lipinski definition) is 4. The van der Waals surface area contributed by atoms with Crippen molar-refractivity contribution in [1.29, 1.82) is 0 Å². The standard InChI is InChI=1S/C24H21F3N4O3/c1-28-22(33)15-5-3-9-19(12-15)30-21(32)14-29-18-8-2-6-16(11-18)23(34)31-20-10-4-7-17(13-20)24(25,26)27/h2-13,29H,14H2,1H3,(H,28,33)(H,30,32)(H,31,34). The van der Waals surface area contributed by atoms with Gasteiger partial charge in [0.1, 0.15) is 0 Å². The summed E-state index contributed by atoms with van der Waals surface area (Å²) in [5, 5.41) is 10.5. The molecule has 0 heterocycles. The van der Waals surface area contributed by atoms with Crippen molar-refractivity contribution < 1.29 is 27.6 Å². The van der Waals surface area contributed by atoms with Gasteiger partial charge in [-0.1, -0.05) is 18.2 Å². The van der Waals surface area contributed by atoms with Crippen LogP contribution in [0.4, 0.5) is 30.2 Å². The fourth-order valence-corrected chi connectivity index (χ4v) is 3.02. The number of nitrogens with one attached hydrogen (secondary N) is 4. The highest BCUT2D eigenvalue weighted by atomic mass is 19.4. The zero-order valence-electron chi connectivity index (χ0n) is 18.0. The maximum Gasteiger partial charge on any atom is 0.416 e. The van der Waals surface area contributed by atoms with E-state index in [1.165, 1.54) is 37.4 Å². The molecule has 4 N–H and O–H groups in total.